The van der Waals surface area contributed by atoms with E-state index in [4.69, 9.17) is 9.47 Å². The van der Waals surface area contributed by atoms with Crippen LogP contribution in [0.25, 0.3) is 0 Å². The minimum Gasteiger partial charge on any atom is -0.493 e. The number of methoxy groups -OCH3 is 2. The quantitative estimate of drug-likeness (QED) is 0.796. The van der Waals surface area contributed by atoms with Crippen molar-refractivity contribution in [3.05, 3.63) is 23.3 Å². The first-order valence-electron chi connectivity index (χ1n) is 9.82. The Labute approximate surface area is 160 Å². The summed E-state index contributed by atoms with van der Waals surface area (Å²) in [6.07, 6.45) is 6.95. The van der Waals surface area contributed by atoms with E-state index >= 15 is 0 Å². The molecular weight excluding hydrogens is 346 g/mol. The van der Waals surface area contributed by atoms with E-state index in [1.54, 1.807) is 19.1 Å². The van der Waals surface area contributed by atoms with Crippen LogP contribution in [-0.4, -0.2) is 42.6 Å². The van der Waals surface area contributed by atoms with Crippen LogP contribution in [0.1, 0.15) is 62.1 Å². The summed E-state index contributed by atoms with van der Waals surface area (Å²) in [4.78, 5) is 26.6. The summed E-state index contributed by atoms with van der Waals surface area (Å²) in [5.74, 6) is 0.430. The number of carboxylic acid groups (broad SMARTS) is 1. The van der Waals surface area contributed by atoms with Gasteiger partial charge >= 0.3 is 5.97 Å². The van der Waals surface area contributed by atoms with Crippen LogP contribution in [0.2, 0.25) is 0 Å². The van der Waals surface area contributed by atoms with Crippen molar-refractivity contribution in [2.75, 3.05) is 20.8 Å². The van der Waals surface area contributed by atoms with Gasteiger partial charge in [0.05, 0.1) is 26.7 Å². The maximum Gasteiger partial charge on any atom is 0.305 e. The van der Waals surface area contributed by atoms with Crippen LogP contribution in [0.15, 0.2) is 12.1 Å². The lowest BCUT2D eigenvalue weighted by molar-refractivity contribution is -0.143. The van der Waals surface area contributed by atoms with Gasteiger partial charge in [0.15, 0.2) is 11.5 Å². The Bertz CT molecular complexity index is 694. The Kier molecular flexibility index (Phi) is 6.24. The maximum absolute atomic E-state index is 13.3. The smallest absolute Gasteiger partial charge is 0.305 e. The van der Waals surface area contributed by atoms with Crippen molar-refractivity contribution in [2.24, 2.45) is 5.92 Å². The fourth-order valence-corrected chi connectivity index (χ4v) is 4.44. The van der Waals surface area contributed by atoms with E-state index in [-0.39, 0.29) is 18.2 Å². The van der Waals surface area contributed by atoms with Crippen molar-refractivity contribution < 1.29 is 24.2 Å². The van der Waals surface area contributed by atoms with Gasteiger partial charge in [-0.15, -0.1) is 0 Å². The molecule has 1 aliphatic heterocycles. The molecule has 0 spiro atoms. The first kappa shape index (κ1) is 19.5. The highest BCUT2D eigenvalue weighted by Gasteiger charge is 2.36. The summed E-state index contributed by atoms with van der Waals surface area (Å²) in [5, 5.41) is 9.48. The molecule has 148 valence electrons. The Morgan fingerprint density at radius 2 is 1.70 bits per heavy atom. The number of benzene rings is 1. The highest BCUT2D eigenvalue weighted by atomic mass is 16.5. The van der Waals surface area contributed by atoms with Crippen LogP contribution in [0.4, 0.5) is 0 Å². The standard InChI is InChI=1S/C21H29NO5/c1-26-18-11-15-9-10-22(21(25)14-7-5-3-4-6-8-14)17(13-20(23)24)16(15)12-19(18)27-2/h11-12,14,17H,3-10,13H2,1-2H3,(H,23,24). The average Bonchev–Trinajstić information content (AvgIpc) is 2.95. The number of carboxylic acids is 1. The summed E-state index contributed by atoms with van der Waals surface area (Å²) in [6.45, 7) is 0.551. The fraction of sp³-hybridized carbons (Fsp3) is 0.619. The zero-order valence-electron chi connectivity index (χ0n) is 16.2. The molecule has 1 heterocycles. The van der Waals surface area contributed by atoms with E-state index in [0.717, 1.165) is 36.8 Å². The van der Waals surface area contributed by atoms with E-state index in [2.05, 4.69) is 0 Å². The Morgan fingerprint density at radius 1 is 1.07 bits per heavy atom. The molecule has 1 aliphatic carbocycles. The van der Waals surface area contributed by atoms with Crippen LogP contribution < -0.4 is 9.47 Å². The number of hydrogen-bond donors (Lipinski definition) is 1. The fourth-order valence-electron chi connectivity index (χ4n) is 4.44. The zero-order chi connectivity index (χ0) is 19.4. The molecule has 1 aromatic carbocycles. The second-order valence-electron chi connectivity index (χ2n) is 7.49. The summed E-state index contributed by atoms with van der Waals surface area (Å²) < 4.78 is 10.8. The molecule has 6 nitrogen and oxygen atoms in total. The van der Waals surface area contributed by atoms with Crippen molar-refractivity contribution in [3.63, 3.8) is 0 Å². The molecule has 0 saturated heterocycles. The van der Waals surface area contributed by atoms with Crippen LogP contribution in [0.5, 0.6) is 11.5 Å². The first-order chi connectivity index (χ1) is 13.0. The van der Waals surface area contributed by atoms with Crippen LogP contribution >= 0.6 is 0 Å². The molecule has 6 heteroatoms. The van der Waals surface area contributed by atoms with Crippen molar-refractivity contribution in [3.8, 4) is 11.5 Å². The third-order valence-electron chi connectivity index (χ3n) is 5.86. The lowest BCUT2D eigenvalue weighted by atomic mass is 9.88. The van der Waals surface area contributed by atoms with E-state index in [1.165, 1.54) is 12.8 Å². The van der Waals surface area contributed by atoms with Crippen molar-refractivity contribution in [1.82, 2.24) is 4.90 Å². The summed E-state index contributed by atoms with van der Waals surface area (Å²) in [5.41, 5.74) is 1.90. The van der Waals surface area contributed by atoms with Crippen LogP contribution in [0, 0.1) is 5.92 Å². The molecular formula is C21H29NO5. The third-order valence-corrected chi connectivity index (χ3v) is 5.86. The number of carbonyl (C=O) groups is 2. The monoisotopic (exact) mass is 375 g/mol. The number of hydrogen-bond acceptors (Lipinski definition) is 4. The van der Waals surface area contributed by atoms with Crippen molar-refractivity contribution in [1.29, 1.82) is 0 Å². The second-order valence-corrected chi connectivity index (χ2v) is 7.49. The number of ether oxygens (including phenoxy) is 2. The molecule has 1 fully saturated rings. The van der Waals surface area contributed by atoms with Gasteiger partial charge in [-0.25, -0.2) is 0 Å². The predicted octanol–water partition coefficient (Wildman–Crippen LogP) is 3.57. The molecule has 0 radical (unpaired) electrons. The second kappa shape index (κ2) is 8.63. The Balaban J connectivity index is 1.94. The van der Waals surface area contributed by atoms with Crippen LogP contribution in [-0.2, 0) is 16.0 Å². The van der Waals surface area contributed by atoms with E-state index < -0.39 is 12.0 Å². The summed E-state index contributed by atoms with van der Waals surface area (Å²) in [6, 6.07) is 3.30. The number of rotatable bonds is 5. The summed E-state index contributed by atoms with van der Waals surface area (Å²) in [7, 11) is 3.15. The van der Waals surface area contributed by atoms with Gasteiger partial charge in [-0.05, 0) is 42.5 Å². The third kappa shape index (κ3) is 4.20. The SMILES string of the molecule is COc1cc2c(cc1OC)C(CC(=O)O)N(C(=O)C1CCCCCC1)CC2. The van der Waals surface area contributed by atoms with Crippen molar-refractivity contribution >= 4 is 11.9 Å². The van der Waals surface area contributed by atoms with Crippen LogP contribution in [0.3, 0.4) is 0 Å². The highest BCUT2D eigenvalue weighted by Crippen LogP contribution is 2.40. The maximum atomic E-state index is 13.3. The van der Waals surface area contributed by atoms with E-state index in [1.807, 2.05) is 12.1 Å². The zero-order valence-corrected chi connectivity index (χ0v) is 16.2. The van der Waals surface area contributed by atoms with E-state index in [0.29, 0.717) is 24.5 Å². The van der Waals surface area contributed by atoms with Gasteiger partial charge in [0.2, 0.25) is 5.91 Å². The Morgan fingerprint density at radius 3 is 2.30 bits per heavy atom. The van der Waals surface area contributed by atoms with Gasteiger partial charge < -0.3 is 19.5 Å². The Hall–Kier alpha value is -2.24. The summed E-state index contributed by atoms with van der Waals surface area (Å²) >= 11 is 0. The largest absolute Gasteiger partial charge is 0.493 e. The molecule has 0 bridgehead atoms. The van der Waals surface area contributed by atoms with Gasteiger partial charge in [-0.3, -0.25) is 9.59 Å². The van der Waals surface area contributed by atoms with E-state index in [9.17, 15) is 14.7 Å². The van der Waals surface area contributed by atoms with Gasteiger partial charge in [-0.2, -0.15) is 0 Å². The molecule has 1 saturated carbocycles. The number of nitrogens with zero attached hydrogens (tertiary/aromatic N) is 1. The van der Waals surface area contributed by atoms with Gasteiger partial charge in [-0.1, -0.05) is 25.7 Å². The molecule has 1 N–H and O–H groups in total. The lowest BCUT2D eigenvalue weighted by Crippen LogP contribution is -2.44. The van der Waals surface area contributed by atoms with Gasteiger partial charge in [0, 0.05) is 12.5 Å². The molecule has 1 aromatic rings. The van der Waals surface area contributed by atoms with Crippen molar-refractivity contribution in [2.45, 2.75) is 57.4 Å². The molecule has 1 atom stereocenters. The first-order valence-corrected chi connectivity index (χ1v) is 9.82. The highest BCUT2D eigenvalue weighted by molar-refractivity contribution is 5.81. The lowest BCUT2D eigenvalue weighted by Gasteiger charge is -2.39. The topological polar surface area (TPSA) is 76.1 Å². The molecule has 27 heavy (non-hydrogen) atoms. The van der Waals surface area contributed by atoms with Gasteiger partial charge in [0.1, 0.15) is 0 Å². The number of aliphatic carboxylic acids is 1. The molecule has 0 aromatic heterocycles. The number of amides is 1. The molecule has 1 unspecified atom stereocenters. The molecule has 3 rings (SSSR count). The predicted molar refractivity (Wildman–Crippen MR) is 101 cm³/mol. The number of carbonyl (C=O) groups excluding carboxylic acids is 1. The normalized spacial score (nSPS) is 20.5. The van der Waals surface area contributed by atoms with Gasteiger partial charge in [0.25, 0.3) is 0 Å². The molecule has 1 amide bonds. The number of fused-ring (bicyclic) bond motifs is 1. The minimum atomic E-state index is -0.902. The minimum absolute atomic E-state index is 0.0190. The average molecular weight is 375 g/mol. The molecule has 2 aliphatic rings.